The monoisotopic (exact) mass is 375 g/mol. The molecule has 1 amide bonds. The molecule has 28 heavy (non-hydrogen) atoms. The Bertz CT molecular complexity index is 923. The number of hydrogen-bond donors (Lipinski definition) is 1. The fourth-order valence-corrected chi connectivity index (χ4v) is 3.07. The fraction of sp³-hybridized carbons (Fsp3) is 0.227. The van der Waals surface area contributed by atoms with Crippen LogP contribution in [0.4, 0.5) is 0 Å². The zero-order valence-corrected chi connectivity index (χ0v) is 15.4. The maximum atomic E-state index is 12.3. The largest absolute Gasteiger partial charge is 0.439 e. The molecule has 4 rings (SSSR count). The molecule has 3 aromatic rings. The minimum atomic E-state index is -0.0992. The summed E-state index contributed by atoms with van der Waals surface area (Å²) in [5, 5.41) is 2.93. The topological polar surface area (TPSA) is 73.3 Å². The van der Waals surface area contributed by atoms with E-state index < -0.39 is 0 Å². The van der Waals surface area contributed by atoms with Crippen LogP contribution in [0.3, 0.4) is 0 Å². The molecular weight excluding hydrogens is 354 g/mol. The Hall–Kier alpha value is -3.25. The first-order valence-electron chi connectivity index (χ1n) is 9.33. The number of rotatable bonds is 6. The number of carbonyl (C=O) groups is 1. The van der Waals surface area contributed by atoms with Crippen molar-refractivity contribution in [3.63, 3.8) is 0 Å². The van der Waals surface area contributed by atoms with Gasteiger partial charge >= 0.3 is 0 Å². The lowest BCUT2D eigenvalue weighted by Gasteiger charge is -2.11. The second kappa shape index (κ2) is 8.63. The van der Waals surface area contributed by atoms with Crippen molar-refractivity contribution in [2.24, 2.45) is 0 Å². The standard InChI is InChI=1S/C22H21N3O3/c26-22(23-14-19-7-4-12-27-19)17-10-8-16(9-11-17)20-13-21(25-15-24-20)28-18-5-2-1-3-6-18/h1-3,5-6,8-11,13,15,19H,4,7,12,14H2,(H,23,26)/t19-/m1/s1. The molecule has 6 heteroatoms. The Morgan fingerprint density at radius 2 is 1.93 bits per heavy atom. The number of nitrogens with one attached hydrogen (secondary N) is 1. The van der Waals surface area contributed by atoms with Gasteiger partial charge in [0.1, 0.15) is 12.1 Å². The fourth-order valence-electron chi connectivity index (χ4n) is 3.07. The predicted molar refractivity (Wildman–Crippen MR) is 105 cm³/mol. The molecule has 2 aromatic carbocycles. The molecule has 0 bridgehead atoms. The van der Waals surface area contributed by atoms with Crippen molar-refractivity contribution in [3.05, 3.63) is 72.6 Å². The van der Waals surface area contributed by atoms with E-state index in [1.54, 1.807) is 18.2 Å². The Labute approximate surface area is 163 Å². The number of hydrogen-bond acceptors (Lipinski definition) is 5. The Morgan fingerprint density at radius 1 is 1.11 bits per heavy atom. The van der Waals surface area contributed by atoms with Gasteiger partial charge in [-0.3, -0.25) is 4.79 Å². The van der Waals surface area contributed by atoms with Gasteiger partial charge in [0.15, 0.2) is 0 Å². The maximum Gasteiger partial charge on any atom is 0.251 e. The van der Waals surface area contributed by atoms with Gasteiger partial charge in [-0.1, -0.05) is 30.3 Å². The molecule has 0 saturated carbocycles. The normalized spacial score (nSPS) is 15.9. The first-order chi connectivity index (χ1) is 13.8. The van der Waals surface area contributed by atoms with Crippen molar-refractivity contribution in [2.45, 2.75) is 18.9 Å². The highest BCUT2D eigenvalue weighted by atomic mass is 16.5. The van der Waals surface area contributed by atoms with E-state index in [2.05, 4.69) is 15.3 Å². The Kier molecular flexibility index (Phi) is 5.58. The van der Waals surface area contributed by atoms with E-state index in [4.69, 9.17) is 9.47 Å². The molecule has 1 saturated heterocycles. The third-order valence-electron chi connectivity index (χ3n) is 4.56. The number of ether oxygens (including phenoxy) is 2. The molecule has 0 radical (unpaired) electrons. The zero-order valence-electron chi connectivity index (χ0n) is 15.4. The average molecular weight is 375 g/mol. The number of aromatic nitrogens is 2. The number of amides is 1. The van der Waals surface area contributed by atoms with E-state index in [9.17, 15) is 4.79 Å². The number of benzene rings is 2. The molecule has 1 N–H and O–H groups in total. The molecule has 1 atom stereocenters. The van der Waals surface area contributed by atoms with E-state index in [1.807, 2.05) is 42.5 Å². The number of carbonyl (C=O) groups excluding carboxylic acids is 1. The summed E-state index contributed by atoms with van der Waals surface area (Å²) < 4.78 is 11.3. The summed E-state index contributed by atoms with van der Waals surface area (Å²) in [6.45, 7) is 1.33. The Balaban J connectivity index is 1.42. The van der Waals surface area contributed by atoms with E-state index in [1.165, 1.54) is 6.33 Å². The second-order valence-electron chi connectivity index (χ2n) is 6.58. The van der Waals surface area contributed by atoms with Gasteiger partial charge in [-0.05, 0) is 37.1 Å². The number of nitrogens with zero attached hydrogens (tertiary/aromatic N) is 2. The van der Waals surface area contributed by atoms with Gasteiger partial charge in [-0.25, -0.2) is 9.97 Å². The summed E-state index contributed by atoms with van der Waals surface area (Å²) >= 11 is 0. The lowest BCUT2D eigenvalue weighted by molar-refractivity contribution is 0.0858. The molecule has 1 aliphatic rings. The number of para-hydroxylation sites is 1. The second-order valence-corrected chi connectivity index (χ2v) is 6.58. The van der Waals surface area contributed by atoms with Crippen LogP contribution in [0.15, 0.2) is 67.0 Å². The molecule has 142 valence electrons. The van der Waals surface area contributed by atoms with Crippen molar-refractivity contribution >= 4 is 5.91 Å². The van der Waals surface area contributed by atoms with Gasteiger partial charge in [0, 0.05) is 30.3 Å². The minimum absolute atomic E-state index is 0.0992. The summed E-state index contributed by atoms with van der Waals surface area (Å²) in [5.74, 6) is 1.08. The lowest BCUT2D eigenvalue weighted by Crippen LogP contribution is -2.31. The van der Waals surface area contributed by atoms with Crippen LogP contribution >= 0.6 is 0 Å². The van der Waals surface area contributed by atoms with Crippen molar-refractivity contribution in [3.8, 4) is 22.9 Å². The summed E-state index contributed by atoms with van der Waals surface area (Å²) in [4.78, 5) is 20.8. The van der Waals surface area contributed by atoms with Crippen molar-refractivity contribution < 1.29 is 14.3 Å². The average Bonchev–Trinajstić information content (AvgIpc) is 3.27. The quantitative estimate of drug-likeness (QED) is 0.708. The summed E-state index contributed by atoms with van der Waals surface area (Å²) in [6, 6.07) is 18.6. The van der Waals surface area contributed by atoms with Gasteiger partial charge < -0.3 is 14.8 Å². The van der Waals surface area contributed by atoms with Crippen LogP contribution in [0.5, 0.6) is 11.6 Å². The van der Waals surface area contributed by atoms with Crippen LogP contribution < -0.4 is 10.1 Å². The van der Waals surface area contributed by atoms with Crippen molar-refractivity contribution in [2.75, 3.05) is 13.2 Å². The van der Waals surface area contributed by atoms with E-state index in [-0.39, 0.29) is 12.0 Å². The molecule has 6 nitrogen and oxygen atoms in total. The van der Waals surface area contributed by atoms with Crippen LogP contribution in [-0.4, -0.2) is 35.1 Å². The van der Waals surface area contributed by atoms with Crippen molar-refractivity contribution in [1.82, 2.24) is 15.3 Å². The minimum Gasteiger partial charge on any atom is -0.439 e. The first-order valence-corrected chi connectivity index (χ1v) is 9.33. The zero-order chi connectivity index (χ0) is 19.2. The van der Waals surface area contributed by atoms with Gasteiger partial charge in [-0.15, -0.1) is 0 Å². The van der Waals surface area contributed by atoms with Crippen LogP contribution in [0.25, 0.3) is 11.3 Å². The molecule has 1 aliphatic heterocycles. The van der Waals surface area contributed by atoms with Crippen LogP contribution in [0, 0.1) is 0 Å². The lowest BCUT2D eigenvalue weighted by atomic mass is 10.1. The molecule has 0 spiro atoms. The molecule has 1 aromatic heterocycles. The third kappa shape index (κ3) is 4.53. The highest BCUT2D eigenvalue weighted by molar-refractivity contribution is 5.94. The first kappa shape index (κ1) is 18.1. The smallest absolute Gasteiger partial charge is 0.251 e. The highest BCUT2D eigenvalue weighted by Gasteiger charge is 2.16. The summed E-state index contributed by atoms with van der Waals surface area (Å²) in [6.07, 6.45) is 3.66. The highest BCUT2D eigenvalue weighted by Crippen LogP contribution is 2.24. The maximum absolute atomic E-state index is 12.3. The Morgan fingerprint density at radius 3 is 2.68 bits per heavy atom. The van der Waals surface area contributed by atoms with Gasteiger partial charge in [0.05, 0.1) is 11.8 Å². The SMILES string of the molecule is O=C(NC[C@H]1CCCO1)c1ccc(-c2cc(Oc3ccccc3)ncn2)cc1. The van der Waals surface area contributed by atoms with E-state index in [0.29, 0.717) is 23.7 Å². The van der Waals surface area contributed by atoms with Gasteiger partial charge in [0.2, 0.25) is 5.88 Å². The summed E-state index contributed by atoms with van der Waals surface area (Å²) in [7, 11) is 0. The molecular formula is C22H21N3O3. The van der Waals surface area contributed by atoms with Crippen LogP contribution in [0.1, 0.15) is 23.2 Å². The van der Waals surface area contributed by atoms with Crippen LogP contribution in [-0.2, 0) is 4.74 Å². The molecule has 0 unspecified atom stereocenters. The van der Waals surface area contributed by atoms with Crippen molar-refractivity contribution in [1.29, 1.82) is 0 Å². The predicted octanol–water partition coefficient (Wildman–Crippen LogP) is 3.84. The summed E-state index contributed by atoms with van der Waals surface area (Å²) in [5.41, 5.74) is 2.22. The van der Waals surface area contributed by atoms with E-state index in [0.717, 1.165) is 30.7 Å². The molecule has 1 fully saturated rings. The van der Waals surface area contributed by atoms with E-state index >= 15 is 0 Å². The molecule has 2 heterocycles. The third-order valence-corrected chi connectivity index (χ3v) is 4.56. The van der Waals surface area contributed by atoms with Crippen LogP contribution in [0.2, 0.25) is 0 Å². The van der Waals surface area contributed by atoms with Gasteiger partial charge in [-0.2, -0.15) is 0 Å². The van der Waals surface area contributed by atoms with Gasteiger partial charge in [0.25, 0.3) is 5.91 Å². The molecule has 0 aliphatic carbocycles.